The molecule has 0 amide bonds. The van der Waals surface area contributed by atoms with Gasteiger partial charge in [0.1, 0.15) is 0 Å². The molecule has 1 aromatic carbocycles. The molecule has 0 unspecified atom stereocenters. The monoisotopic (exact) mass is 229 g/mol. The van der Waals surface area contributed by atoms with Crippen molar-refractivity contribution in [2.75, 3.05) is 0 Å². The summed E-state index contributed by atoms with van der Waals surface area (Å²) < 4.78 is 36.9. The number of benzene rings is 1. The molecule has 0 saturated carbocycles. The average Bonchev–Trinajstić information content (AvgIpc) is 2.91. The summed E-state index contributed by atoms with van der Waals surface area (Å²) in [5.41, 5.74) is 0.489. The zero-order chi connectivity index (χ0) is 11.8. The van der Waals surface area contributed by atoms with Crippen molar-refractivity contribution < 1.29 is 13.2 Å². The minimum atomic E-state index is -4.09. The van der Waals surface area contributed by atoms with E-state index < -0.39 is 24.2 Å². The van der Waals surface area contributed by atoms with Gasteiger partial charge in [0, 0.05) is 6.04 Å². The highest BCUT2D eigenvalue weighted by Crippen LogP contribution is 2.45. The SMILES string of the molecule is CC[C@@]1(c2ccccc2)N[C@@H]1CC(F)(F)F. The lowest BCUT2D eigenvalue weighted by Gasteiger charge is -2.14. The van der Waals surface area contributed by atoms with Crippen LogP contribution in [0.15, 0.2) is 30.3 Å². The third-order valence-corrected chi connectivity index (χ3v) is 3.23. The minimum Gasteiger partial charge on any atom is -0.301 e. The summed E-state index contributed by atoms with van der Waals surface area (Å²) in [6.07, 6.45) is -4.17. The van der Waals surface area contributed by atoms with Crippen LogP contribution in [0.1, 0.15) is 25.3 Å². The molecule has 1 aliphatic heterocycles. The van der Waals surface area contributed by atoms with Crippen LogP contribution in [0.2, 0.25) is 0 Å². The van der Waals surface area contributed by atoms with Crippen molar-refractivity contribution in [2.24, 2.45) is 0 Å². The van der Waals surface area contributed by atoms with Gasteiger partial charge in [-0.3, -0.25) is 0 Å². The lowest BCUT2D eigenvalue weighted by Crippen LogP contribution is -2.18. The van der Waals surface area contributed by atoms with Gasteiger partial charge in [0.25, 0.3) is 0 Å². The topological polar surface area (TPSA) is 21.9 Å². The van der Waals surface area contributed by atoms with E-state index in [1.807, 2.05) is 37.3 Å². The van der Waals surface area contributed by atoms with E-state index in [9.17, 15) is 13.2 Å². The summed E-state index contributed by atoms with van der Waals surface area (Å²) in [6, 6.07) is 8.88. The molecule has 1 aliphatic rings. The predicted octanol–water partition coefficient (Wildman–Crippen LogP) is 3.22. The Morgan fingerprint density at radius 2 is 1.88 bits per heavy atom. The summed E-state index contributed by atoms with van der Waals surface area (Å²) in [4.78, 5) is 0. The lowest BCUT2D eigenvalue weighted by atomic mass is 9.91. The molecule has 1 N–H and O–H groups in total. The van der Waals surface area contributed by atoms with Crippen LogP contribution in [0.25, 0.3) is 0 Å². The zero-order valence-corrected chi connectivity index (χ0v) is 9.01. The maximum Gasteiger partial charge on any atom is 0.390 e. The first-order chi connectivity index (χ1) is 7.48. The average molecular weight is 229 g/mol. The minimum absolute atomic E-state index is 0.462. The van der Waals surface area contributed by atoms with Gasteiger partial charge in [-0.05, 0) is 12.0 Å². The molecule has 2 rings (SSSR count). The molecule has 1 aromatic rings. The number of hydrogen-bond acceptors (Lipinski definition) is 1. The molecule has 4 heteroatoms. The second-order valence-electron chi connectivity index (χ2n) is 4.21. The standard InChI is InChI=1S/C12H14F3N/c1-2-11(9-6-4-3-5-7-9)10(16-11)8-12(13,14)15/h3-7,10,16H,2,8H2,1H3/t10-,11+/m1/s1. The Morgan fingerprint density at radius 3 is 2.38 bits per heavy atom. The van der Waals surface area contributed by atoms with Crippen molar-refractivity contribution in [1.82, 2.24) is 5.32 Å². The van der Waals surface area contributed by atoms with E-state index in [4.69, 9.17) is 0 Å². The van der Waals surface area contributed by atoms with E-state index >= 15 is 0 Å². The van der Waals surface area contributed by atoms with Gasteiger partial charge in [-0.2, -0.15) is 13.2 Å². The first-order valence-electron chi connectivity index (χ1n) is 5.38. The van der Waals surface area contributed by atoms with Crippen LogP contribution in [0.5, 0.6) is 0 Å². The molecule has 0 radical (unpaired) electrons. The molecule has 0 bridgehead atoms. The molecule has 0 spiro atoms. The third kappa shape index (κ3) is 2.07. The van der Waals surface area contributed by atoms with Gasteiger partial charge in [0.05, 0.1) is 12.0 Å². The Balaban J connectivity index is 2.14. The number of hydrogen-bond donors (Lipinski definition) is 1. The molecule has 0 aliphatic carbocycles. The van der Waals surface area contributed by atoms with E-state index in [1.165, 1.54) is 0 Å². The van der Waals surface area contributed by atoms with Crippen LogP contribution in [-0.4, -0.2) is 12.2 Å². The van der Waals surface area contributed by atoms with Gasteiger partial charge < -0.3 is 5.32 Å². The second-order valence-corrected chi connectivity index (χ2v) is 4.21. The van der Waals surface area contributed by atoms with E-state index in [2.05, 4.69) is 5.32 Å². The van der Waals surface area contributed by atoms with Crippen molar-refractivity contribution in [1.29, 1.82) is 0 Å². The highest BCUT2D eigenvalue weighted by Gasteiger charge is 2.56. The predicted molar refractivity (Wildman–Crippen MR) is 56.0 cm³/mol. The van der Waals surface area contributed by atoms with Gasteiger partial charge in [0.15, 0.2) is 0 Å². The number of alkyl halides is 3. The second kappa shape index (κ2) is 3.77. The Kier molecular flexibility index (Phi) is 2.70. The van der Waals surface area contributed by atoms with Crippen molar-refractivity contribution in [2.45, 2.75) is 37.5 Å². The highest BCUT2D eigenvalue weighted by molar-refractivity contribution is 5.34. The molecule has 16 heavy (non-hydrogen) atoms. The normalized spacial score (nSPS) is 29.1. The van der Waals surface area contributed by atoms with Crippen LogP contribution in [0.4, 0.5) is 13.2 Å². The van der Waals surface area contributed by atoms with E-state index in [1.54, 1.807) is 0 Å². The van der Waals surface area contributed by atoms with Gasteiger partial charge >= 0.3 is 6.18 Å². The number of nitrogens with one attached hydrogen (secondary N) is 1. The molecule has 0 aromatic heterocycles. The third-order valence-electron chi connectivity index (χ3n) is 3.23. The fourth-order valence-electron chi connectivity index (χ4n) is 2.30. The van der Waals surface area contributed by atoms with Gasteiger partial charge in [-0.1, -0.05) is 37.3 Å². The summed E-state index contributed by atoms with van der Waals surface area (Å²) in [5.74, 6) is 0. The van der Waals surface area contributed by atoms with E-state index in [0.29, 0.717) is 6.42 Å². The molecule has 1 saturated heterocycles. The van der Waals surface area contributed by atoms with Gasteiger partial charge in [0.2, 0.25) is 0 Å². The smallest absolute Gasteiger partial charge is 0.301 e. The van der Waals surface area contributed by atoms with Gasteiger partial charge in [-0.25, -0.2) is 0 Å². The molecule has 1 fully saturated rings. The quantitative estimate of drug-likeness (QED) is 0.790. The molecule has 1 heterocycles. The van der Waals surface area contributed by atoms with Crippen molar-refractivity contribution >= 4 is 0 Å². The fraction of sp³-hybridized carbons (Fsp3) is 0.500. The molecular formula is C12H14F3N. The van der Waals surface area contributed by atoms with Crippen molar-refractivity contribution in [3.63, 3.8) is 0 Å². The largest absolute Gasteiger partial charge is 0.390 e. The molecule has 88 valence electrons. The van der Waals surface area contributed by atoms with Crippen LogP contribution in [-0.2, 0) is 5.54 Å². The van der Waals surface area contributed by atoms with Crippen LogP contribution < -0.4 is 5.32 Å². The van der Waals surface area contributed by atoms with Crippen molar-refractivity contribution in [3.05, 3.63) is 35.9 Å². The van der Waals surface area contributed by atoms with E-state index in [-0.39, 0.29) is 0 Å². The first-order valence-corrected chi connectivity index (χ1v) is 5.38. The van der Waals surface area contributed by atoms with Crippen LogP contribution in [0, 0.1) is 0 Å². The summed E-state index contributed by atoms with van der Waals surface area (Å²) in [5, 5.41) is 2.98. The fourth-order valence-corrected chi connectivity index (χ4v) is 2.30. The highest BCUT2D eigenvalue weighted by atomic mass is 19.4. The Morgan fingerprint density at radius 1 is 1.25 bits per heavy atom. The Bertz CT molecular complexity index is 360. The lowest BCUT2D eigenvalue weighted by molar-refractivity contribution is -0.135. The van der Waals surface area contributed by atoms with Crippen LogP contribution in [0.3, 0.4) is 0 Å². The zero-order valence-electron chi connectivity index (χ0n) is 9.01. The summed E-state index contributed by atoms with van der Waals surface area (Å²) in [6.45, 7) is 1.91. The molecule has 1 nitrogen and oxygen atoms in total. The van der Waals surface area contributed by atoms with E-state index in [0.717, 1.165) is 5.56 Å². The first kappa shape index (κ1) is 11.5. The maximum atomic E-state index is 12.3. The van der Waals surface area contributed by atoms with Crippen LogP contribution >= 0.6 is 0 Å². The summed E-state index contributed by atoms with van der Waals surface area (Å²) in [7, 11) is 0. The Labute approximate surface area is 92.7 Å². The molecule has 2 atom stereocenters. The van der Waals surface area contributed by atoms with Crippen molar-refractivity contribution in [3.8, 4) is 0 Å². The Hall–Kier alpha value is -1.03. The number of halogens is 3. The summed E-state index contributed by atoms with van der Waals surface area (Å²) >= 11 is 0. The number of rotatable bonds is 3. The van der Waals surface area contributed by atoms with Gasteiger partial charge in [-0.15, -0.1) is 0 Å². The molecular weight excluding hydrogens is 215 g/mol. The maximum absolute atomic E-state index is 12.3.